The number of halogens is 1. The van der Waals surface area contributed by atoms with Crippen molar-refractivity contribution >= 4 is 33.2 Å². The van der Waals surface area contributed by atoms with Gasteiger partial charge in [-0.15, -0.1) is 0 Å². The Morgan fingerprint density at radius 2 is 1.66 bits per heavy atom. The number of aryl methyl sites for hydroxylation is 2. The second kappa shape index (κ2) is 10.2. The van der Waals surface area contributed by atoms with Crippen LogP contribution in [0.25, 0.3) is 0 Å². The molecule has 7 heteroatoms. The third-order valence-corrected chi connectivity index (χ3v) is 7.47. The summed E-state index contributed by atoms with van der Waals surface area (Å²) in [4.78, 5) is 12.9. The van der Waals surface area contributed by atoms with Crippen LogP contribution in [-0.2, 0) is 27.8 Å². The van der Waals surface area contributed by atoms with Crippen molar-refractivity contribution in [2.24, 2.45) is 0 Å². The summed E-state index contributed by atoms with van der Waals surface area (Å²) in [6.45, 7) is 5.68. The number of carbonyl (C=O) groups is 1. The summed E-state index contributed by atoms with van der Waals surface area (Å²) in [5.74, 6) is -0.403. The van der Waals surface area contributed by atoms with Crippen LogP contribution in [0.5, 0.6) is 0 Å². The van der Waals surface area contributed by atoms with Crippen LogP contribution in [0.2, 0.25) is 5.02 Å². The molecule has 0 unspecified atom stereocenters. The summed E-state index contributed by atoms with van der Waals surface area (Å²) in [6.07, 6.45) is 0.804. The summed E-state index contributed by atoms with van der Waals surface area (Å²) in [6, 6.07) is 19.5. The molecule has 0 fully saturated rings. The Bertz CT molecular complexity index is 1210. The summed E-state index contributed by atoms with van der Waals surface area (Å²) in [5.41, 5.74) is 4.04. The second-order valence-corrected chi connectivity index (χ2v) is 9.93. The molecule has 0 saturated heterocycles. The number of carbonyl (C=O) groups excluding carboxylic acids is 1. The van der Waals surface area contributed by atoms with E-state index in [1.807, 2.05) is 38.1 Å². The number of anilines is 1. The molecule has 0 spiro atoms. The maximum atomic E-state index is 13.6. The number of nitrogens with one attached hydrogen (secondary N) is 1. The van der Waals surface area contributed by atoms with E-state index in [9.17, 15) is 13.2 Å². The van der Waals surface area contributed by atoms with Gasteiger partial charge in [0.25, 0.3) is 10.0 Å². The van der Waals surface area contributed by atoms with Gasteiger partial charge in [0, 0.05) is 11.6 Å². The SMILES string of the molecule is CCc1ccc(S(=O)(=O)N(CC(=O)NCc2cccc(C)c2)c2cccc(Cl)c2C)cc1. The molecule has 3 aromatic rings. The highest BCUT2D eigenvalue weighted by Gasteiger charge is 2.28. The van der Waals surface area contributed by atoms with E-state index in [1.165, 1.54) is 0 Å². The zero-order valence-corrected chi connectivity index (χ0v) is 20.0. The fraction of sp³-hybridized carbons (Fsp3) is 0.240. The van der Waals surface area contributed by atoms with Crippen molar-refractivity contribution in [3.05, 3.63) is 94.0 Å². The van der Waals surface area contributed by atoms with Gasteiger partial charge in [-0.3, -0.25) is 9.10 Å². The molecule has 1 amide bonds. The highest BCUT2D eigenvalue weighted by Crippen LogP contribution is 2.31. The van der Waals surface area contributed by atoms with Gasteiger partial charge in [-0.1, -0.05) is 66.6 Å². The first-order valence-corrected chi connectivity index (χ1v) is 12.2. The lowest BCUT2D eigenvalue weighted by Gasteiger charge is -2.26. The van der Waals surface area contributed by atoms with Crippen LogP contribution in [0.3, 0.4) is 0 Å². The number of hydrogen-bond donors (Lipinski definition) is 1. The summed E-state index contributed by atoms with van der Waals surface area (Å²) < 4.78 is 28.2. The number of nitrogens with zero attached hydrogens (tertiary/aromatic N) is 1. The largest absolute Gasteiger partial charge is 0.350 e. The van der Waals surface area contributed by atoms with Gasteiger partial charge in [0.05, 0.1) is 10.6 Å². The van der Waals surface area contributed by atoms with Crippen molar-refractivity contribution in [2.45, 2.75) is 38.6 Å². The quantitative estimate of drug-likeness (QED) is 0.502. The minimum atomic E-state index is -3.99. The Morgan fingerprint density at radius 1 is 0.969 bits per heavy atom. The van der Waals surface area contributed by atoms with E-state index >= 15 is 0 Å². The first-order chi connectivity index (χ1) is 15.2. The molecular weight excluding hydrogens is 444 g/mol. The van der Waals surface area contributed by atoms with Crippen LogP contribution >= 0.6 is 11.6 Å². The zero-order chi connectivity index (χ0) is 23.3. The fourth-order valence-corrected chi connectivity index (χ4v) is 5.05. The van der Waals surface area contributed by atoms with E-state index in [0.717, 1.165) is 27.4 Å². The number of benzene rings is 3. The lowest BCUT2D eigenvalue weighted by molar-refractivity contribution is -0.119. The van der Waals surface area contributed by atoms with E-state index in [-0.39, 0.29) is 11.4 Å². The second-order valence-electron chi connectivity index (χ2n) is 7.66. The zero-order valence-electron chi connectivity index (χ0n) is 18.4. The molecule has 0 aliphatic heterocycles. The summed E-state index contributed by atoms with van der Waals surface area (Å²) in [7, 11) is -3.99. The Kier molecular flexibility index (Phi) is 7.59. The van der Waals surface area contributed by atoms with Crippen LogP contribution in [0.1, 0.15) is 29.2 Å². The van der Waals surface area contributed by atoms with Crippen LogP contribution in [0, 0.1) is 13.8 Å². The molecule has 0 heterocycles. The van der Waals surface area contributed by atoms with Gasteiger partial charge >= 0.3 is 0 Å². The molecule has 3 aromatic carbocycles. The molecule has 0 saturated carbocycles. The van der Waals surface area contributed by atoms with Crippen molar-refractivity contribution in [1.29, 1.82) is 0 Å². The topological polar surface area (TPSA) is 66.5 Å². The predicted molar refractivity (Wildman–Crippen MR) is 130 cm³/mol. The van der Waals surface area contributed by atoms with Gasteiger partial charge in [0.2, 0.25) is 5.91 Å². The normalized spacial score (nSPS) is 11.2. The number of sulfonamides is 1. The maximum Gasteiger partial charge on any atom is 0.264 e. The first kappa shape index (κ1) is 23.8. The third kappa shape index (κ3) is 5.50. The van der Waals surface area contributed by atoms with Crippen molar-refractivity contribution < 1.29 is 13.2 Å². The molecule has 0 aromatic heterocycles. The molecular formula is C25H27ClN2O3S. The monoisotopic (exact) mass is 470 g/mol. The van der Waals surface area contributed by atoms with Crippen molar-refractivity contribution in [1.82, 2.24) is 5.32 Å². The minimum Gasteiger partial charge on any atom is -0.350 e. The molecule has 32 heavy (non-hydrogen) atoms. The molecule has 5 nitrogen and oxygen atoms in total. The average molecular weight is 471 g/mol. The van der Waals surface area contributed by atoms with Gasteiger partial charge < -0.3 is 5.32 Å². The van der Waals surface area contributed by atoms with Gasteiger partial charge in [-0.05, 0) is 61.2 Å². The van der Waals surface area contributed by atoms with Crippen molar-refractivity contribution in [2.75, 3.05) is 10.8 Å². The molecule has 0 atom stereocenters. The van der Waals surface area contributed by atoms with Crippen LogP contribution in [-0.4, -0.2) is 20.9 Å². The number of amides is 1. The maximum absolute atomic E-state index is 13.6. The highest BCUT2D eigenvalue weighted by molar-refractivity contribution is 7.92. The van der Waals surface area contributed by atoms with Gasteiger partial charge in [-0.2, -0.15) is 0 Å². The number of hydrogen-bond acceptors (Lipinski definition) is 3. The Labute approximate surface area is 195 Å². The van der Waals surface area contributed by atoms with E-state index in [1.54, 1.807) is 49.4 Å². The van der Waals surface area contributed by atoms with Crippen molar-refractivity contribution in [3.63, 3.8) is 0 Å². The van der Waals surface area contributed by atoms with Gasteiger partial charge in [0.1, 0.15) is 6.54 Å². The van der Waals surface area contributed by atoms with Crippen molar-refractivity contribution in [3.8, 4) is 0 Å². The van der Waals surface area contributed by atoms with Crippen LogP contribution in [0.15, 0.2) is 71.6 Å². The Balaban J connectivity index is 1.91. The summed E-state index contributed by atoms with van der Waals surface area (Å²) >= 11 is 6.26. The Hall–Kier alpha value is -2.83. The smallest absolute Gasteiger partial charge is 0.264 e. The van der Waals surface area contributed by atoms with E-state index < -0.39 is 15.9 Å². The van der Waals surface area contributed by atoms with Gasteiger partial charge in [-0.25, -0.2) is 8.42 Å². The minimum absolute atomic E-state index is 0.126. The Morgan fingerprint density at radius 3 is 2.31 bits per heavy atom. The predicted octanol–water partition coefficient (Wildman–Crippen LogP) is 5.03. The molecule has 0 aliphatic carbocycles. The summed E-state index contributed by atoms with van der Waals surface area (Å²) in [5, 5.41) is 3.26. The first-order valence-electron chi connectivity index (χ1n) is 10.4. The van der Waals surface area contributed by atoms with Crippen LogP contribution < -0.4 is 9.62 Å². The van der Waals surface area contributed by atoms with Crippen LogP contribution in [0.4, 0.5) is 5.69 Å². The van der Waals surface area contributed by atoms with E-state index in [0.29, 0.717) is 22.8 Å². The average Bonchev–Trinajstić information content (AvgIpc) is 2.78. The molecule has 3 rings (SSSR count). The highest BCUT2D eigenvalue weighted by atomic mass is 35.5. The molecule has 0 aliphatic rings. The molecule has 0 bridgehead atoms. The van der Waals surface area contributed by atoms with E-state index in [4.69, 9.17) is 11.6 Å². The van der Waals surface area contributed by atoms with E-state index in [2.05, 4.69) is 5.32 Å². The molecule has 1 N–H and O–H groups in total. The lowest BCUT2D eigenvalue weighted by Crippen LogP contribution is -2.41. The molecule has 0 radical (unpaired) electrons. The molecule has 168 valence electrons. The lowest BCUT2D eigenvalue weighted by atomic mass is 10.1. The number of rotatable bonds is 8. The third-order valence-electron chi connectivity index (χ3n) is 5.29. The fourth-order valence-electron chi connectivity index (χ4n) is 3.40. The standard InChI is InChI=1S/C25H27ClN2O3S/c1-4-20-11-13-22(14-12-20)32(30,31)28(24-10-6-9-23(26)19(24)3)17-25(29)27-16-21-8-5-7-18(2)15-21/h5-15H,4,16-17H2,1-3H3,(H,27,29). The van der Waals surface area contributed by atoms with Gasteiger partial charge in [0.15, 0.2) is 0 Å².